The van der Waals surface area contributed by atoms with Gasteiger partial charge in [-0.2, -0.15) is 0 Å². The molecule has 0 spiro atoms. The van der Waals surface area contributed by atoms with Crippen molar-refractivity contribution in [2.75, 3.05) is 0 Å². The van der Waals surface area contributed by atoms with E-state index >= 15 is 0 Å². The summed E-state index contributed by atoms with van der Waals surface area (Å²) >= 11 is 6.06. The van der Waals surface area contributed by atoms with Crippen LogP contribution in [0.25, 0.3) is 0 Å². The lowest BCUT2D eigenvalue weighted by molar-refractivity contribution is -0.139. The molecule has 0 saturated heterocycles. The Labute approximate surface area is 124 Å². The topological polar surface area (TPSA) is 66.4 Å². The maximum atomic E-state index is 12.2. The molecular formula is C15H20ClNO3. The van der Waals surface area contributed by atoms with Gasteiger partial charge in [-0.25, -0.2) is 4.79 Å². The van der Waals surface area contributed by atoms with Gasteiger partial charge in [0.25, 0.3) is 5.91 Å². The molecule has 0 aliphatic carbocycles. The summed E-state index contributed by atoms with van der Waals surface area (Å²) < 4.78 is 0. The standard InChI is InChI=1S/C15H20ClNO3/c1-8(2)5-13(15(19)20)17-14(18)11-6-9(3)10(4)7-12(11)16/h6-8,13H,5H2,1-4H3,(H,17,18)(H,19,20). The van der Waals surface area contributed by atoms with Gasteiger partial charge in [-0.3, -0.25) is 4.79 Å². The molecule has 0 heterocycles. The number of hydrogen-bond acceptors (Lipinski definition) is 2. The fraction of sp³-hybridized carbons (Fsp3) is 0.467. The normalized spacial score (nSPS) is 12.3. The zero-order valence-electron chi connectivity index (χ0n) is 12.2. The van der Waals surface area contributed by atoms with Crippen LogP contribution in [-0.4, -0.2) is 23.0 Å². The van der Waals surface area contributed by atoms with Crippen molar-refractivity contribution in [3.05, 3.63) is 33.8 Å². The van der Waals surface area contributed by atoms with Crippen LogP contribution in [0.15, 0.2) is 12.1 Å². The zero-order chi connectivity index (χ0) is 15.4. The molecule has 1 aromatic carbocycles. The Morgan fingerprint density at radius 2 is 1.80 bits per heavy atom. The first-order valence-electron chi connectivity index (χ1n) is 6.52. The molecular weight excluding hydrogens is 278 g/mol. The summed E-state index contributed by atoms with van der Waals surface area (Å²) in [5.74, 6) is -1.32. The Morgan fingerprint density at radius 3 is 2.30 bits per heavy atom. The summed E-state index contributed by atoms with van der Waals surface area (Å²) in [5.41, 5.74) is 2.24. The average molecular weight is 298 g/mol. The second-order valence-corrected chi connectivity index (χ2v) is 5.82. The predicted molar refractivity (Wildman–Crippen MR) is 79.3 cm³/mol. The van der Waals surface area contributed by atoms with Gasteiger partial charge in [0.05, 0.1) is 10.6 Å². The molecule has 1 aromatic rings. The molecule has 5 heteroatoms. The Balaban J connectivity index is 2.95. The summed E-state index contributed by atoms with van der Waals surface area (Å²) in [4.78, 5) is 23.3. The summed E-state index contributed by atoms with van der Waals surface area (Å²) in [6.07, 6.45) is 0.379. The van der Waals surface area contributed by atoms with E-state index in [1.807, 2.05) is 27.7 Å². The van der Waals surface area contributed by atoms with Crippen molar-refractivity contribution in [3.8, 4) is 0 Å². The number of carboxylic acids is 1. The number of carboxylic acid groups (broad SMARTS) is 1. The second kappa shape index (κ2) is 6.75. The Kier molecular flexibility index (Phi) is 5.57. The lowest BCUT2D eigenvalue weighted by Gasteiger charge is -2.17. The molecule has 0 saturated carbocycles. The highest BCUT2D eigenvalue weighted by atomic mass is 35.5. The largest absolute Gasteiger partial charge is 0.480 e. The van der Waals surface area contributed by atoms with Crippen LogP contribution in [0.3, 0.4) is 0 Å². The van der Waals surface area contributed by atoms with Crippen LogP contribution in [0.2, 0.25) is 5.02 Å². The molecule has 1 atom stereocenters. The van der Waals surface area contributed by atoms with Crippen LogP contribution in [0.5, 0.6) is 0 Å². The van der Waals surface area contributed by atoms with Gasteiger partial charge in [0.15, 0.2) is 0 Å². The lowest BCUT2D eigenvalue weighted by atomic mass is 10.0. The maximum absolute atomic E-state index is 12.2. The van der Waals surface area contributed by atoms with Crippen molar-refractivity contribution in [2.45, 2.75) is 40.2 Å². The van der Waals surface area contributed by atoms with E-state index in [2.05, 4.69) is 5.32 Å². The van der Waals surface area contributed by atoms with Crippen LogP contribution >= 0.6 is 11.6 Å². The predicted octanol–water partition coefficient (Wildman–Crippen LogP) is 3.19. The SMILES string of the molecule is Cc1cc(Cl)c(C(=O)NC(CC(C)C)C(=O)O)cc1C. The average Bonchev–Trinajstić information content (AvgIpc) is 2.32. The molecule has 0 fully saturated rings. The highest BCUT2D eigenvalue weighted by molar-refractivity contribution is 6.34. The number of aryl methyl sites for hydroxylation is 2. The minimum atomic E-state index is -1.04. The number of benzene rings is 1. The Morgan fingerprint density at radius 1 is 1.25 bits per heavy atom. The van der Waals surface area contributed by atoms with Crippen molar-refractivity contribution < 1.29 is 14.7 Å². The molecule has 1 amide bonds. The number of hydrogen-bond donors (Lipinski definition) is 2. The van der Waals surface area contributed by atoms with E-state index < -0.39 is 17.9 Å². The van der Waals surface area contributed by atoms with E-state index in [1.54, 1.807) is 12.1 Å². The van der Waals surface area contributed by atoms with Gasteiger partial charge >= 0.3 is 5.97 Å². The van der Waals surface area contributed by atoms with Crippen molar-refractivity contribution in [2.24, 2.45) is 5.92 Å². The number of carbonyl (C=O) groups is 2. The zero-order valence-corrected chi connectivity index (χ0v) is 12.9. The first kappa shape index (κ1) is 16.5. The van der Waals surface area contributed by atoms with Crippen molar-refractivity contribution >= 4 is 23.5 Å². The number of amides is 1. The molecule has 0 aliphatic heterocycles. The Bertz CT molecular complexity index is 526. The van der Waals surface area contributed by atoms with E-state index in [0.29, 0.717) is 17.0 Å². The minimum absolute atomic E-state index is 0.173. The van der Waals surface area contributed by atoms with Crippen molar-refractivity contribution in [1.82, 2.24) is 5.32 Å². The van der Waals surface area contributed by atoms with E-state index in [1.165, 1.54) is 0 Å². The van der Waals surface area contributed by atoms with Gasteiger partial charge in [0.2, 0.25) is 0 Å². The van der Waals surface area contributed by atoms with Crippen molar-refractivity contribution in [1.29, 1.82) is 0 Å². The first-order valence-corrected chi connectivity index (χ1v) is 6.90. The van der Waals surface area contributed by atoms with Crippen molar-refractivity contribution in [3.63, 3.8) is 0 Å². The van der Waals surface area contributed by atoms with Crippen LogP contribution in [0.4, 0.5) is 0 Å². The van der Waals surface area contributed by atoms with E-state index in [9.17, 15) is 9.59 Å². The molecule has 1 rings (SSSR count). The monoisotopic (exact) mass is 297 g/mol. The molecule has 1 unspecified atom stereocenters. The fourth-order valence-corrected chi connectivity index (χ4v) is 2.19. The van der Waals surface area contributed by atoms with Crippen LogP contribution in [0.1, 0.15) is 41.8 Å². The minimum Gasteiger partial charge on any atom is -0.480 e. The smallest absolute Gasteiger partial charge is 0.326 e. The summed E-state index contributed by atoms with van der Waals surface area (Å²) in [7, 11) is 0. The van der Waals surface area contributed by atoms with Gasteiger partial charge < -0.3 is 10.4 Å². The van der Waals surface area contributed by atoms with Gasteiger partial charge in [0.1, 0.15) is 6.04 Å². The van der Waals surface area contributed by atoms with Crippen LogP contribution in [-0.2, 0) is 4.79 Å². The number of halogens is 1. The van der Waals surface area contributed by atoms with E-state index in [0.717, 1.165) is 11.1 Å². The highest BCUT2D eigenvalue weighted by Gasteiger charge is 2.23. The third-order valence-corrected chi connectivity index (χ3v) is 3.45. The summed E-state index contributed by atoms with van der Waals surface area (Å²) in [6.45, 7) is 7.60. The molecule has 0 bridgehead atoms. The number of aliphatic carboxylic acids is 1. The maximum Gasteiger partial charge on any atom is 0.326 e. The number of carbonyl (C=O) groups excluding carboxylic acids is 1. The number of rotatable bonds is 5. The van der Waals surface area contributed by atoms with Gasteiger partial charge in [-0.15, -0.1) is 0 Å². The van der Waals surface area contributed by atoms with Crippen LogP contribution < -0.4 is 5.32 Å². The van der Waals surface area contributed by atoms with E-state index in [4.69, 9.17) is 16.7 Å². The van der Waals surface area contributed by atoms with Crippen LogP contribution in [0, 0.1) is 19.8 Å². The quantitative estimate of drug-likeness (QED) is 0.877. The number of nitrogens with one attached hydrogen (secondary N) is 1. The molecule has 4 nitrogen and oxygen atoms in total. The summed E-state index contributed by atoms with van der Waals surface area (Å²) in [5, 5.41) is 12.0. The molecule has 0 aromatic heterocycles. The van der Waals surface area contributed by atoms with E-state index in [-0.39, 0.29) is 5.92 Å². The van der Waals surface area contributed by atoms with Gasteiger partial charge in [-0.1, -0.05) is 25.4 Å². The molecule has 0 aliphatic rings. The fourth-order valence-electron chi connectivity index (χ4n) is 1.88. The van der Waals surface area contributed by atoms with Gasteiger partial charge in [-0.05, 0) is 49.4 Å². The molecule has 0 radical (unpaired) electrons. The Hall–Kier alpha value is -1.55. The summed E-state index contributed by atoms with van der Waals surface area (Å²) in [6, 6.07) is 2.49. The third kappa shape index (κ3) is 4.23. The third-order valence-electron chi connectivity index (χ3n) is 3.14. The molecule has 110 valence electrons. The molecule has 20 heavy (non-hydrogen) atoms. The highest BCUT2D eigenvalue weighted by Crippen LogP contribution is 2.21. The lowest BCUT2D eigenvalue weighted by Crippen LogP contribution is -2.41. The van der Waals surface area contributed by atoms with Gasteiger partial charge in [0, 0.05) is 0 Å². The molecule has 2 N–H and O–H groups in total. The first-order chi connectivity index (χ1) is 9.22. The second-order valence-electron chi connectivity index (χ2n) is 5.41.